The lowest BCUT2D eigenvalue weighted by atomic mass is 10.1. The van der Waals surface area contributed by atoms with Crippen LogP contribution in [0.1, 0.15) is 19.5 Å². The van der Waals surface area contributed by atoms with Crippen molar-refractivity contribution in [2.24, 2.45) is 5.92 Å². The highest BCUT2D eigenvalue weighted by Gasteiger charge is 2.12. The summed E-state index contributed by atoms with van der Waals surface area (Å²) < 4.78 is 14.1. The Morgan fingerprint density at radius 3 is 2.75 bits per heavy atom. The van der Waals surface area contributed by atoms with E-state index in [1.807, 2.05) is 22.6 Å². The predicted octanol–water partition coefficient (Wildman–Crippen LogP) is 4.03. The molecule has 3 nitrogen and oxygen atoms in total. The Labute approximate surface area is 134 Å². The van der Waals surface area contributed by atoms with Gasteiger partial charge in [0.05, 0.1) is 14.3 Å². The average molecular weight is 407 g/mol. The predicted molar refractivity (Wildman–Crippen MR) is 86.5 cm³/mol. The largest absolute Gasteiger partial charge is 0.306 e. The summed E-state index contributed by atoms with van der Waals surface area (Å²) in [7, 11) is 0. The minimum absolute atomic E-state index is 0.0454. The topological polar surface area (TPSA) is 45.8 Å². The highest BCUT2D eigenvalue weighted by atomic mass is 127. The number of aromatic nitrogens is 2. The summed E-state index contributed by atoms with van der Waals surface area (Å²) in [5, 5.41) is 0.0454. The molecule has 1 aromatic heterocycles. The zero-order valence-corrected chi connectivity index (χ0v) is 13.9. The molecule has 0 saturated carbocycles. The van der Waals surface area contributed by atoms with E-state index >= 15 is 0 Å². The van der Waals surface area contributed by atoms with Crippen molar-refractivity contribution in [2.75, 3.05) is 0 Å². The van der Waals surface area contributed by atoms with Crippen LogP contribution in [0.3, 0.4) is 0 Å². The second-order valence-electron chi connectivity index (χ2n) is 4.90. The average Bonchev–Trinajstić information content (AvgIpc) is 2.37. The summed E-state index contributed by atoms with van der Waals surface area (Å²) in [6, 6.07) is 4.36. The molecule has 0 aliphatic rings. The molecule has 0 unspecified atom stereocenters. The number of H-pyrrole nitrogens is 1. The Morgan fingerprint density at radius 1 is 1.45 bits per heavy atom. The molecule has 0 saturated heterocycles. The van der Waals surface area contributed by atoms with Crippen molar-refractivity contribution in [3.8, 4) is 11.4 Å². The number of halogens is 3. The maximum atomic E-state index is 13.5. The Morgan fingerprint density at radius 2 is 2.15 bits per heavy atom. The van der Waals surface area contributed by atoms with Gasteiger partial charge in [0.1, 0.15) is 11.6 Å². The lowest BCUT2D eigenvalue weighted by Gasteiger charge is -2.09. The second-order valence-corrected chi connectivity index (χ2v) is 6.39. The SMILES string of the molecule is CC(C)Cc1nc(-c2ccc(Cl)c(F)c2)[nH]c(=O)c1I. The number of aromatic amines is 1. The van der Waals surface area contributed by atoms with Crippen LogP contribution in [0.15, 0.2) is 23.0 Å². The summed E-state index contributed by atoms with van der Waals surface area (Å²) >= 11 is 7.64. The lowest BCUT2D eigenvalue weighted by molar-refractivity contribution is 0.626. The van der Waals surface area contributed by atoms with Crippen molar-refractivity contribution in [3.05, 3.63) is 48.7 Å². The number of benzene rings is 1. The fourth-order valence-corrected chi connectivity index (χ4v) is 2.40. The molecule has 0 fully saturated rings. The number of hydrogen-bond acceptors (Lipinski definition) is 2. The first kappa shape index (κ1) is 15.4. The smallest absolute Gasteiger partial charge is 0.264 e. The molecule has 20 heavy (non-hydrogen) atoms. The molecule has 0 aliphatic carbocycles. The van der Waals surface area contributed by atoms with Gasteiger partial charge in [0.2, 0.25) is 0 Å². The van der Waals surface area contributed by atoms with E-state index in [0.717, 1.165) is 5.69 Å². The fraction of sp³-hybridized carbons (Fsp3) is 0.286. The molecule has 106 valence electrons. The molecule has 2 rings (SSSR count). The molecule has 0 bridgehead atoms. The summed E-state index contributed by atoms with van der Waals surface area (Å²) in [5.74, 6) is 0.213. The van der Waals surface area contributed by atoms with E-state index < -0.39 is 5.82 Å². The highest BCUT2D eigenvalue weighted by Crippen LogP contribution is 2.22. The van der Waals surface area contributed by atoms with Crippen LogP contribution >= 0.6 is 34.2 Å². The third-order valence-corrected chi connectivity index (χ3v) is 4.15. The summed E-state index contributed by atoms with van der Waals surface area (Å²) in [6.07, 6.45) is 0.700. The quantitative estimate of drug-likeness (QED) is 0.782. The molecule has 1 aromatic carbocycles. The van der Waals surface area contributed by atoms with Crippen molar-refractivity contribution in [3.63, 3.8) is 0 Å². The van der Waals surface area contributed by atoms with Crippen molar-refractivity contribution in [2.45, 2.75) is 20.3 Å². The summed E-state index contributed by atoms with van der Waals surface area (Å²) in [5.41, 5.74) is 1.03. The third-order valence-electron chi connectivity index (χ3n) is 2.73. The Bertz CT molecular complexity index is 700. The molecule has 2 aromatic rings. The second kappa shape index (κ2) is 6.22. The van der Waals surface area contributed by atoms with E-state index in [9.17, 15) is 9.18 Å². The maximum absolute atomic E-state index is 13.5. The molecule has 0 aliphatic heterocycles. The van der Waals surface area contributed by atoms with Crippen LogP contribution in [0.4, 0.5) is 4.39 Å². The highest BCUT2D eigenvalue weighted by molar-refractivity contribution is 14.1. The van der Waals surface area contributed by atoms with Crippen LogP contribution in [-0.4, -0.2) is 9.97 Å². The fourth-order valence-electron chi connectivity index (χ4n) is 1.81. The van der Waals surface area contributed by atoms with Gasteiger partial charge in [-0.15, -0.1) is 0 Å². The van der Waals surface area contributed by atoms with E-state index in [4.69, 9.17) is 11.6 Å². The van der Waals surface area contributed by atoms with E-state index in [1.54, 1.807) is 6.07 Å². The molecular weight excluding hydrogens is 394 g/mol. The first-order valence-corrected chi connectivity index (χ1v) is 7.58. The zero-order chi connectivity index (χ0) is 14.9. The Hall–Kier alpha value is -0.950. The van der Waals surface area contributed by atoms with E-state index in [0.29, 0.717) is 27.3 Å². The van der Waals surface area contributed by atoms with E-state index in [2.05, 4.69) is 23.8 Å². The minimum atomic E-state index is -0.532. The van der Waals surface area contributed by atoms with Crippen LogP contribution in [0.2, 0.25) is 5.02 Å². The molecule has 0 atom stereocenters. The normalized spacial score (nSPS) is 11.1. The molecule has 1 N–H and O–H groups in total. The molecule has 1 heterocycles. The van der Waals surface area contributed by atoms with Crippen LogP contribution in [0.25, 0.3) is 11.4 Å². The van der Waals surface area contributed by atoms with Crippen LogP contribution < -0.4 is 5.56 Å². The van der Waals surface area contributed by atoms with Gasteiger partial charge in [-0.2, -0.15) is 0 Å². The van der Waals surface area contributed by atoms with Gasteiger partial charge < -0.3 is 4.98 Å². The molecule has 0 amide bonds. The van der Waals surface area contributed by atoms with Gasteiger partial charge in [-0.3, -0.25) is 4.79 Å². The van der Waals surface area contributed by atoms with Gasteiger partial charge in [-0.05, 0) is 53.1 Å². The monoisotopic (exact) mass is 406 g/mol. The van der Waals surface area contributed by atoms with Crippen LogP contribution in [0, 0.1) is 15.3 Å². The van der Waals surface area contributed by atoms with Gasteiger partial charge in [0.25, 0.3) is 5.56 Å². The van der Waals surface area contributed by atoms with Crippen molar-refractivity contribution < 1.29 is 4.39 Å². The number of nitrogens with zero attached hydrogens (tertiary/aromatic N) is 1. The van der Waals surface area contributed by atoms with Crippen molar-refractivity contribution in [1.29, 1.82) is 0 Å². The van der Waals surface area contributed by atoms with Gasteiger partial charge in [-0.1, -0.05) is 25.4 Å². The number of hydrogen-bond donors (Lipinski definition) is 1. The Balaban J connectivity index is 2.54. The summed E-state index contributed by atoms with van der Waals surface area (Å²) in [6.45, 7) is 4.11. The van der Waals surface area contributed by atoms with Gasteiger partial charge in [0.15, 0.2) is 0 Å². The van der Waals surface area contributed by atoms with E-state index in [1.165, 1.54) is 12.1 Å². The first-order chi connectivity index (χ1) is 9.38. The summed E-state index contributed by atoms with van der Waals surface area (Å²) in [4.78, 5) is 19.1. The number of rotatable bonds is 3. The Kier molecular flexibility index (Phi) is 4.80. The zero-order valence-electron chi connectivity index (χ0n) is 11.0. The van der Waals surface area contributed by atoms with Crippen LogP contribution in [-0.2, 0) is 6.42 Å². The molecule has 0 spiro atoms. The molecular formula is C14H13ClFIN2O. The molecule has 6 heteroatoms. The van der Waals surface area contributed by atoms with E-state index in [-0.39, 0.29) is 10.6 Å². The third kappa shape index (κ3) is 3.38. The standard InChI is InChI=1S/C14H13ClFIN2O/c1-7(2)5-11-12(17)14(20)19-13(18-11)8-3-4-9(15)10(16)6-8/h3-4,6-7H,5H2,1-2H3,(H,18,19,20). The van der Waals surface area contributed by atoms with Crippen LogP contribution in [0.5, 0.6) is 0 Å². The molecule has 0 radical (unpaired) electrons. The van der Waals surface area contributed by atoms with Gasteiger partial charge in [0, 0.05) is 5.56 Å². The number of nitrogens with one attached hydrogen (secondary N) is 1. The van der Waals surface area contributed by atoms with Crippen molar-refractivity contribution >= 4 is 34.2 Å². The lowest BCUT2D eigenvalue weighted by Crippen LogP contribution is -2.17. The maximum Gasteiger partial charge on any atom is 0.264 e. The van der Waals surface area contributed by atoms with Crippen molar-refractivity contribution in [1.82, 2.24) is 9.97 Å². The minimum Gasteiger partial charge on any atom is -0.306 e. The van der Waals surface area contributed by atoms with Gasteiger partial charge in [-0.25, -0.2) is 9.37 Å². The van der Waals surface area contributed by atoms with Gasteiger partial charge >= 0.3 is 0 Å². The first-order valence-electron chi connectivity index (χ1n) is 6.12.